The fourth-order valence-corrected chi connectivity index (χ4v) is 5.48. The van der Waals surface area contributed by atoms with Gasteiger partial charge in [0.15, 0.2) is 0 Å². The lowest BCUT2D eigenvalue weighted by Gasteiger charge is -2.29. The quantitative estimate of drug-likeness (QED) is 0.0294. The molecule has 0 heterocycles. The molecule has 0 aliphatic heterocycles. The van der Waals surface area contributed by atoms with Crippen LogP contribution in [-0.2, 0) is 28.4 Å². The zero-order valence-corrected chi connectivity index (χ0v) is 46.9. The fourth-order valence-electron chi connectivity index (χ4n) is 5.48. The SMILES string of the molecule is CC(N)COCC(N)(COCC(C)N)COCC(C)N.CC(N)COc1cc(OCC(C)N)cc(OCC(C)N)c1.NCCOCC(N)(COCCN)COCCN.NCCOc1cc(OCCN)cc(OCCN)c1. The Kier molecular flexibility index (Phi) is 46.5. The van der Waals surface area contributed by atoms with Crippen LogP contribution in [0.25, 0.3) is 0 Å². The average Bonchev–Trinajstić information content (AvgIpc) is 3.35. The van der Waals surface area contributed by atoms with E-state index in [1.165, 1.54) is 0 Å². The van der Waals surface area contributed by atoms with E-state index in [2.05, 4.69) is 0 Å². The van der Waals surface area contributed by atoms with Crippen molar-refractivity contribution in [2.24, 2.45) is 80.3 Å². The Labute approximate surface area is 453 Å². The second-order valence-corrected chi connectivity index (χ2v) is 18.8. The van der Waals surface area contributed by atoms with Crippen molar-refractivity contribution in [3.63, 3.8) is 0 Å². The molecule has 6 atom stereocenters. The maximum Gasteiger partial charge on any atom is 0.126 e. The lowest BCUT2D eigenvalue weighted by molar-refractivity contribution is -0.0273. The second-order valence-electron chi connectivity index (χ2n) is 18.8. The Morgan fingerprint density at radius 3 is 0.658 bits per heavy atom. The molecular weight excluding hydrogens is 989 g/mol. The summed E-state index contributed by atoms with van der Waals surface area (Å²) in [6.45, 7) is 21.2. The van der Waals surface area contributed by atoms with Crippen LogP contribution in [0, 0.1) is 0 Å². The number of hydrogen-bond acceptors (Lipinski definition) is 26. The minimum Gasteiger partial charge on any atom is -0.492 e. The first-order chi connectivity index (χ1) is 36.1. The number of nitrogens with two attached hydrogens (primary N) is 14. The molecule has 26 nitrogen and oxygen atoms in total. The Morgan fingerprint density at radius 2 is 0.474 bits per heavy atom. The molecule has 0 saturated carbocycles. The molecule has 0 bridgehead atoms. The van der Waals surface area contributed by atoms with Gasteiger partial charge in [0.2, 0.25) is 0 Å². The minimum atomic E-state index is -0.724. The maximum atomic E-state index is 6.26. The molecule has 0 fully saturated rings. The summed E-state index contributed by atoms with van der Waals surface area (Å²) in [5.41, 5.74) is 77.2. The van der Waals surface area contributed by atoms with Gasteiger partial charge in [0.25, 0.3) is 0 Å². The third-order valence-corrected chi connectivity index (χ3v) is 8.67. The van der Waals surface area contributed by atoms with Crippen LogP contribution in [0.1, 0.15) is 41.5 Å². The largest absolute Gasteiger partial charge is 0.492 e. The zero-order valence-electron chi connectivity index (χ0n) is 46.9. The Bertz CT molecular complexity index is 1430. The maximum absolute atomic E-state index is 6.26. The van der Waals surface area contributed by atoms with E-state index in [0.29, 0.717) is 193 Å². The van der Waals surface area contributed by atoms with Gasteiger partial charge in [-0.3, -0.25) is 0 Å². The fraction of sp³-hybridized carbons (Fsp3) is 0.760. The van der Waals surface area contributed by atoms with Crippen LogP contribution in [0.15, 0.2) is 36.4 Å². The summed E-state index contributed by atoms with van der Waals surface area (Å²) in [5, 5.41) is 0. The van der Waals surface area contributed by atoms with Crippen LogP contribution >= 0.6 is 0 Å². The summed E-state index contributed by atoms with van der Waals surface area (Å²) < 4.78 is 65.7. The smallest absolute Gasteiger partial charge is 0.126 e. The molecule has 2 aromatic rings. The topological polar surface area (TPSA) is 475 Å². The molecular formula is C50H106N14O12. The van der Waals surface area contributed by atoms with Crippen molar-refractivity contribution in [3.05, 3.63) is 36.4 Å². The average molecular weight is 1100 g/mol. The van der Waals surface area contributed by atoms with E-state index < -0.39 is 11.1 Å². The monoisotopic (exact) mass is 1090 g/mol. The van der Waals surface area contributed by atoms with Gasteiger partial charge in [-0.15, -0.1) is 0 Å². The molecule has 28 N–H and O–H groups in total. The Hall–Kier alpha value is -3.56. The lowest BCUT2D eigenvalue weighted by Crippen LogP contribution is -2.54. The van der Waals surface area contributed by atoms with E-state index >= 15 is 0 Å². The molecule has 26 heteroatoms. The van der Waals surface area contributed by atoms with Gasteiger partial charge in [0.05, 0.1) is 90.4 Å². The van der Waals surface area contributed by atoms with Crippen LogP contribution in [0.4, 0.5) is 0 Å². The van der Waals surface area contributed by atoms with Crippen molar-refractivity contribution in [1.82, 2.24) is 0 Å². The van der Waals surface area contributed by atoms with Gasteiger partial charge < -0.3 is 137 Å². The van der Waals surface area contributed by atoms with Gasteiger partial charge in [0, 0.05) is 112 Å². The highest BCUT2D eigenvalue weighted by molar-refractivity contribution is 5.43. The summed E-state index contributed by atoms with van der Waals surface area (Å²) in [6.07, 6.45) is 0. The van der Waals surface area contributed by atoms with Gasteiger partial charge in [-0.2, -0.15) is 0 Å². The summed E-state index contributed by atoms with van der Waals surface area (Å²) >= 11 is 0. The zero-order chi connectivity index (χ0) is 57.6. The third kappa shape index (κ3) is 45.5. The molecule has 0 saturated heterocycles. The highest BCUT2D eigenvalue weighted by Gasteiger charge is 2.28. The van der Waals surface area contributed by atoms with Crippen LogP contribution in [0.3, 0.4) is 0 Å². The van der Waals surface area contributed by atoms with E-state index in [-0.39, 0.29) is 36.3 Å². The van der Waals surface area contributed by atoms with Gasteiger partial charge in [-0.05, 0) is 41.5 Å². The molecule has 0 aliphatic carbocycles. The first-order valence-corrected chi connectivity index (χ1v) is 25.9. The highest BCUT2D eigenvalue weighted by Crippen LogP contribution is 2.29. The molecule has 76 heavy (non-hydrogen) atoms. The normalized spacial score (nSPS) is 14.4. The van der Waals surface area contributed by atoms with Gasteiger partial charge in [0.1, 0.15) is 74.1 Å². The van der Waals surface area contributed by atoms with Crippen molar-refractivity contribution in [1.29, 1.82) is 0 Å². The number of hydrogen-bond donors (Lipinski definition) is 14. The van der Waals surface area contributed by atoms with Crippen molar-refractivity contribution in [3.8, 4) is 34.5 Å². The molecule has 6 unspecified atom stereocenters. The molecule has 0 radical (unpaired) electrons. The Balaban J connectivity index is 0. The molecule has 0 spiro atoms. The summed E-state index contributed by atoms with van der Waals surface area (Å²) in [4.78, 5) is 0. The molecule has 448 valence electrons. The van der Waals surface area contributed by atoms with E-state index in [4.69, 9.17) is 137 Å². The van der Waals surface area contributed by atoms with Crippen molar-refractivity contribution in [2.45, 2.75) is 88.9 Å². The number of ether oxygens (including phenoxy) is 12. The van der Waals surface area contributed by atoms with Crippen LogP contribution in [0.2, 0.25) is 0 Å². The number of benzene rings is 2. The first-order valence-electron chi connectivity index (χ1n) is 25.9. The summed E-state index contributed by atoms with van der Waals surface area (Å²) in [5.74, 6) is 3.91. The minimum absolute atomic E-state index is 0.0331. The Morgan fingerprint density at radius 1 is 0.289 bits per heavy atom. The van der Waals surface area contributed by atoms with E-state index in [1.807, 2.05) is 41.5 Å². The van der Waals surface area contributed by atoms with Gasteiger partial charge >= 0.3 is 0 Å². The predicted octanol–water partition coefficient (Wildman–Crippen LogP) is -3.05. The number of rotatable bonds is 42. The molecule has 2 rings (SSSR count). The predicted molar refractivity (Wildman–Crippen MR) is 301 cm³/mol. The molecule has 0 amide bonds. The van der Waals surface area contributed by atoms with Crippen LogP contribution < -0.4 is 109 Å². The first kappa shape index (κ1) is 74.5. The van der Waals surface area contributed by atoms with Gasteiger partial charge in [-0.1, -0.05) is 0 Å². The summed E-state index contributed by atoms with van der Waals surface area (Å²) in [7, 11) is 0. The van der Waals surface area contributed by atoms with Gasteiger partial charge in [-0.25, -0.2) is 0 Å². The highest BCUT2D eigenvalue weighted by atomic mass is 16.5. The molecule has 0 aliphatic rings. The van der Waals surface area contributed by atoms with E-state index in [9.17, 15) is 0 Å². The van der Waals surface area contributed by atoms with E-state index in [0.717, 1.165) is 0 Å². The van der Waals surface area contributed by atoms with Crippen LogP contribution in [0.5, 0.6) is 34.5 Å². The second kappa shape index (κ2) is 47.4. The van der Waals surface area contributed by atoms with Crippen molar-refractivity contribution < 1.29 is 56.8 Å². The standard InChI is InChI=1S/C15H27N3O3.C13H32N4O3.C12H21N3O3.C10H26N4O3/c1-10(16)7-19-13-4-14(20-8-11(2)17)6-15(5-13)21-9-12(3)18;1-10(14)4-18-7-13(17,8-19-5-11(2)15)9-20-6-12(3)16;13-1-4-16-10-7-11(17-5-2-14)9-12(8-10)18-6-3-15;11-1-4-15-7-10(14,8-16-5-2-12)9-17-6-3-13/h4-6,10-12H,7-9,16-18H2,1-3H3;10-12H,4-9,14-17H2,1-3H3;7-9H,1-6,13-15H2;1-9,11-14H2. The summed E-state index contributed by atoms with van der Waals surface area (Å²) in [6, 6.07) is 10.5. The molecule has 2 aromatic carbocycles. The van der Waals surface area contributed by atoms with Crippen molar-refractivity contribution in [2.75, 3.05) is 158 Å². The van der Waals surface area contributed by atoms with Crippen LogP contribution in [-0.4, -0.2) is 206 Å². The molecule has 0 aromatic heterocycles. The van der Waals surface area contributed by atoms with E-state index in [1.54, 1.807) is 36.4 Å². The third-order valence-electron chi connectivity index (χ3n) is 8.67. The van der Waals surface area contributed by atoms with Crippen molar-refractivity contribution >= 4 is 0 Å². The lowest BCUT2D eigenvalue weighted by atomic mass is 10.1.